The molecule has 0 spiro atoms. The van der Waals surface area contributed by atoms with Gasteiger partial charge in [-0.15, -0.1) is 0 Å². The summed E-state index contributed by atoms with van der Waals surface area (Å²) in [5, 5.41) is 6.32. The highest BCUT2D eigenvalue weighted by Gasteiger charge is 2.39. The van der Waals surface area contributed by atoms with Crippen molar-refractivity contribution in [2.45, 2.75) is 71.0 Å². The number of aromatic nitrogens is 4. The molecular formula is C43H51N11O5. The van der Waals surface area contributed by atoms with Crippen LogP contribution in [-0.2, 0) is 16.1 Å². The van der Waals surface area contributed by atoms with Crippen LogP contribution >= 0.6 is 0 Å². The predicted octanol–water partition coefficient (Wildman–Crippen LogP) is 3.26. The van der Waals surface area contributed by atoms with E-state index in [4.69, 9.17) is 4.98 Å². The monoisotopic (exact) mass is 801 g/mol. The Labute approximate surface area is 342 Å². The number of imide groups is 1. The molecule has 4 aromatic rings. The number of Topliss-reactive ketones (excluding diaryl/α,β-unsaturated/α-hetero) is 1. The zero-order chi connectivity index (χ0) is 40.8. The molecule has 5 aliphatic rings. The van der Waals surface area contributed by atoms with Crippen molar-refractivity contribution in [2.24, 2.45) is 0 Å². The molecule has 16 nitrogen and oxygen atoms in total. The number of rotatable bonds is 10. The fourth-order valence-electron chi connectivity index (χ4n) is 9.57. The molecule has 2 N–H and O–H groups in total. The second kappa shape index (κ2) is 16.1. The number of hydrogen-bond acceptors (Lipinski definition) is 13. The number of nitrogens with zero attached hydrogens (tertiary/aromatic N) is 9. The summed E-state index contributed by atoms with van der Waals surface area (Å²) in [7, 11) is 0. The van der Waals surface area contributed by atoms with E-state index in [1.807, 2.05) is 24.4 Å². The molecule has 3 aromatic heterocycles. The van der Waals surface area contributed by atoms with Gasteiger partial charge in [0.2, 0.25) is 17.8 Å². The average molecular weight is 802 g/mol. The highest BCUT2D eigenvalue weighted by atomic mass is 16.2. The Morgan fingerprint density at radius 3 is 2.15 bits per heavy atom. The number of carbonyl (C=O) groups is 4. The van der Waals surface area contributed by atoms with Crippen LogP contribution < -0.4 is 26.0 Å². The molecule has 3 amide bonds. The maximum absolute atomic E-state index is 13.6. The minimum Gasteiger partial charge on any atom is -0.369 e. The summed E-state index contributed by atoms with van der Waals surface area (Å²) >= 11 is 0. The van der Waals surface area contributed by atoms with Crippen LogP contribution in [0.5, 0.6) is 0 Å². The van der Waals surface area contributed by atoms with Crippen LogP contribution in [0.15, 0.2) is 47.5 Å². The summed E-state index contributed by atoms with van der Waals surface area (Å²) in [4.78, 5) is 88.7. The third-order valence-electron chi connectivity index (χ3n) is 13.0. The first-order chi connectivity index (χ1) is 28.6. The lowest BCUT2D eigenvalue weighted by Gasteiger charge is -2.39. The lowest BCUT2D eigenvalue weighted by molar-refractivity contribution is -0.136. The van der Waals surface area contributed by atoms with Crippen LogP contribution in [0.1, 0.15) is 83.3 Å². The Morgan fingerprint density at radius 2 is 1.51 bits per heavy atom. The standard InChI is InChI=1S/C43H51N11O5/c1-27-34-25-45-43(48-39(34)54(30-5-3-4-6-30)42(59)38(27)28(2)55)46-36-11-8-32(24-44-36)52-21-17-50(18-22-52)14-13-49-15-19-51(20-16-49)31-7-9-33-29(23-31)26-53(41(33)58)35-10-12-37(56)47-40(35)57/h7-9,11,23-25,30,35H,3-6,10,12-22,26H2,1-2H3,(H,47,56,57)(H,44,45,46,48). The first-order valence-electron chi connectivity index (χ1n) is 21.0. The summed E-state index contributed by atoms with van der Waals surface area (Å²) in [6.07, 6.45) is 8.06. The number of nitrogens with one attached hydrogen (secondary N) is 2. The Bertz CT molecular complexity index is 2360. The van der Waals surface area contributed by atoms with Gasteiger partial charge in [0, 0.05) is 107 Å². The summed E-state index contributed by atoms with van der Waals surface area (Å²) in [6.45, 7) is 13.2. The van der Waals surface area contributed by atoms with E-state index >= 15 is 0 Å². The van der Waals surface area contributed by atoms with Crippen molar-refractivity contribution in [3.63, 3.8) is 0 Å². The molecule has 308 valence electrons. The number of hydrogen-bond donors (Lipinski definition) is 2. The number of piperazine rings is 2. The fourth-order valence-corrected chi connectivity index (χ4v) is 9.57. The maximum Gasteiger partial charge on any atom is 0.263 e. The van der Waals surface area contributed by atoms with Crippen molar-refractivity contribution in [3.8, 4) is 0 Å². The van der Waals surface area contributed by atoms with Crippen LogP contribution in [0, 0.1) is 6.92 Å². The summed E-state index contributed by atoms with van der Waals surface area (Å²) in [5.74, 6) is -0.0743. The first-order valence-corrected chi connectivity index (χ1v) is 21.0. The van der Waals surface area contributed by atoms with Crippen molar-refractivity contribution in [2.75, 3.05) is 80.6 Å². The van der Waals surface area contributed by atoms with Gasteiger partial charge < -0.3 is 20.0 Å². The number of carbonyl (C=O) groups excluding carboxylic acids is 4. The molecule has 1 unspecified atom stereocenters. The van der Waals surface area contributed by atoms with Gasteiger partial charge in [-0.2, -0.15) is 4.98 Å². The van der Waals surface area contributed by atoms with E-state index in [2.05, 4.69) is 52.3 Å². The highest BCUT2D eigenvalue weighted by molar-refractivity contribution is 6.05. The van der Waals surface area contributed by atoms with Crippen LogP contribution in [0.3, 0.4) is 0 Å². The second-order valence-corrected chi connectivity index (χ2v) is 16.5. The Morgan fingerprint density at radius 1 is 0.831 bits per heavy atom. The van der Waals surface area contributed by atoms with Crippen LogP contribution in [0.25, 0.3) is 11.0 Å². The number of fused-ring (bicyclic) bond motifs is 2. The number of ketones is 1. The lowest BCUT2D eigenvalue weighted by Crippen LogP contribution is -2.52. The van der Waals surface area contributed by atoms with Gasteiger partial charge in [-0.05, 0) is 74.6 Å². The summed E-state index contributed by atoms with van der Waals surface area (Å²) < 4.78 is 1.72. The molecule has 4 fully saturated rings. The third kappa shape index (κ3) is 7.66. The largest absolute Gasteiger partial charge is 0.369 e. The van der Waals surface area contributed by atoms with Crippen LogP contribution in [-0.4, -0.2) is 129 Å². The van der Waals surface area contributed by atoms with Gasteiger partial charge in [0.15, 0.2) is 5.78 Å². The molecule has 9 rings (SSSR count). The molecular weight excluding hydrogens is 751 g/mol. The van der Waals surface area contributed by atoms with E-state index in [1.165, 1.54) is 6.92 Å². The van der Waals surface area contributed by atoms with Gasteiger partial charge in [0.05, 0.1) is 17.4 Å². The number of amides is 3. The minimum absolute atomic E-state index is 0.0163. The van der Waals surface area contributed by atoms with Crippen molar-refractivity contribution < 1.29 is 19.2 Å². The van der Waals surface area contributed by atoms with Crippen molar-refractivity contribution in [1.29, 1.82) is 0 Å². The SMILES string of the molecule is CC(=O)c1c(C)c2cnc(Nc3ccc(N4CCN(CCN5CCN(c6ccc7c(c6)CN(C6CCC(=O)NC6=O)C7=O)CC5)CC4)cn3)nc2n(C2CCCC2)c1=O. The number of pyridine rings is 2. The molecule has 7 heterocycles. The van der Waals surface area contributed by atoms with Gasteiger partial charge in [0.1, 0.15) is 17.5 Å². The van der Waals surface area contributed by atoms with Crippen LogP contribution in [0.2, 0.25) is 0 Å². The zero-order valence-electron chi connectivity index (χ0n) is 33.8. The predicted molar refractivity (Wildman–Crippen MR) is 223 cm³/mol. The molecule has 16 heteroatoms. The second-order valence-electron chi connectivity index (χ2n) is 16.5. The molecule has 1 atom stereocenters. The average Bonchev–Trinajstić information content (AvgIpc) is 3.88. The topological polar surface area (TPSA) is 169 Å². The first kappa shape index (κ1) is 38.8. The number of anilines is 4. The van der Waals surface area contributed by atoms with E-state index in [0.29, 0.717) is 46.9 Å². The van der Waals surface area contributed by atoms with Gasteiger partial charge >= 0.3 is 0 Å². The maximum atomic E-state index is 13.6. The van der Waals surface area contributed by atoms with Gasteiger partial charge in [-0.3, -0.25) is 43.7 Å². The van der Waals surface area contributed by atoms with E-state index in [1.54, 1.807) is 22.6 Å². The van der Waals surface area contributed by atoms with E-state index in [0.717, 1.165) is 108 Å². The van der Waals surface area contributed by atoms with E-state index in [9.17, 15) is 24.0 Å². The van der Waals surface area contributed by atoms with Crippen molar-refractivity contribution in [3.05, 3.63) is 75.3 Å². The van der Waals surface area contributed by atoms with Gasteiger partial charge in [-0.1, -0.05) is 12.8 Å². The smallest absolute Gasteiger partial charge is 0.263 e. The molecule has 1 aromatic carbocycles. The van der Waals surface area contributed by atoms with E-state index < -0.39 is 6.04 Å². The lowest BCUT2D eigenvalue weighted by atomic mass is 10.0. The highest BCUT2D eigenvalue weighted by Crippen LogP contribution is 2.33. The van der Waals surface area contributed by atoms with Gasteiger partial charge in [-0.25, -0.2) is 9.97 Å². The third-order valence-corrected chi connectivity index (χ3v) is 13.0. The molecule has 1 aliphatic carbocycles. The summed E-state index contributed by atoms with van der Waals surface area (Å²) in [5.41, 5.74) is 4.87. The Hall–Kier alpha value is -5.74. The Balaban J connectivity index is 0.746. The normalized spacial score (nSPS) is 20.7. The fraction of sp³-hybridized carbons (Fsp3) is 0.488. The molecule has 0 bridgehead atoms. The molecule has 4 aliphatic heterocycles. The molecule has 0 radical (unpaired) electrons. The molecule has 3 saturated heterocycles. The van der Waals surface area contributed by atoms with E-state index in [-0.39, 0.29) is 47.1 Å². The van der Waals surface area contributed by atoms with Crippen LogP contribution in [0.4, 0.5) is 23.1 Å². The quantitative estimate of drug-likeness (QED) is 0.177. The number of aryl methyl sites for hydroxylation is 1. The molecule has 59 heavy (non-hydrogen) atoms. The minimum atomic E-state index is -0.602. The number of benzene rings is 1. The van der Waals surface area contributed by atoms with Crippen molar-refractivity contribution >= 4 is 57.7 Å². The van der Waals surface area contributed by atoms with Gasteiger partial charge in [0.25, 0.3) is 11.5 Å². The molecule has 1 saturated carbocycles. The van der Waals surface area contributed by atoms with Crippen molar-refractivity contribution in [1.82, 2.24) is 39.5 Å². The number of piperidine rings is 1. The summed E-state index contributed by atoms with van der Waals surface area (Å²) in [6, 6.07) is 9.41. The Kier molecular flexibility index (Phi) is 10.6. The zero-order valence-corrected chi connectivity index (χ0v) is 33.8.